The molecule has 30 heavy (non-hydrogen) atoms. The van der Waals surface area contributed by atoms with Crippen LogP contribution in [0.15, 0.2) is 76.5 Å². The van der Waals surface area contributed by atoms with Crippen molar-refractivity contribution in [3.63, 3.8) is 0 Å². The Morgan fingerprint density at radius 3 is 2.60 bits per heavy atom. The van der Waals surface area contributed by atoms with E-state index in [0.29, 0.717) is 12.1 Å². The van der Waals surface area contributed by atoms with Crippen LogP contribution < -0.4 is 10.6 Å². The number of allylic oxidation sites excluding steroid dienone is 1. The van der Waals surface area contributed by atoms with Crippen LogP contribution in [0.4, 0.5) is 5.69 Å². The predicted molar refractivity (Wildman–Crippen MR) is 127 cm³/mol. The van der Waals surface area contributed by atoms with Gasteiger partial charge < -0.3 is 10.6 Å². The van der Waals surface area contributed by atoms with Crippen molar-refractivity contribution in [2.45, 2.75) is 30.1 Å². The molecule has 0 unspecified atom stereocenters. The fraction of sp³-hybridized carbons (Fsp3) is 0.160. The third-order valence-corrected chi connectivity index (χ3v) is 6.46. The molecule has 0 bridgehead atoms. The van der Waals surface area contributed by atoms with Crippen molar-refractivity contribution in [3.8, 4) is 0 Å². The summed E-state index contributed by atoms with van der Waals surface area (Å²) in [6.07, 6.45) is 2.84. The van der Waals surface area contributed by atoms with Gasteiger partial charge in [-0.3, -0.25) is 4.79 Å². The van der Waals surface area contributed by atoms with Crippen LogP contribution >= 0.6 is 23.4 Å². The SMILES string of the molecule is CC=C1Nc2cc(C(=O)NCCc3ccc(Cl)cc3)ccc2Sc2ccc(C)cc21. The van der Waals surface area contributed by atoms with Gasteiger partial charge in [-0.1, -0.05) is 53.2 Å². The first-order valence-corrected chi connectivity index (χ1v) is 11.1. The number of aryl methyl sites for hydroxylation is 1. The second-order valence-corrected chi connectivity index (χ2v) is 8.79. The third-order valence-electron chi connectivity index (χ3n) is 5.06. The van der Waals surface area contributed by atoms with Crippen molar-refractivity contribution >= 4 is 40.7 Å². The van der Waals surface area contributed by atoms with E-state index in [1.54, 1.807) is 11.8 Å². The number of carbonyl (C=O) groups is 1. The molecule has 0 aliphatic carbocycles. The number of hydrogen-bond donors (Lipinski definition) is 2. The zero-order valence-electron chi connectivity index (χ0n) is 17.0. The minimum Gasteiger partial charge on any atom is -0.354 e. The molecule has 152 valence electrons. The molecule has 0 saturated heterocycles. The van der Waals surface area contributed by atoms with Crippen LogP contribution in [-0.2, 0) is 6.42 Å². The highest BCUT2D eigenvalue weighted by molar-refractivity contribution is 7.99. The minimum absolute atomic E-state index is 0.0711. The average Bonchev–Trinajstić information content (AvgIpc) is 2.90. The van der Waals surface area contributed by atoms with Gasteiger partial charge in [0.15, 0.2) is 0 Å². The zero-order chi connectivity index (χ0) is 21.1. The Morgan fingerprint density at radius 1 is 1.07 bits per heavy atom. The van der Waals surface area contributed by atoms with Gasteiger partial charge in [0.2, 0.25) is 0 Å². The molecule has 3 nitrogen and oxygen atoms in total. The second-order valence-electron chi connectivity index (χ2n) is 7.27. The van der Waals surface area contributed by atoms with Crippen LogP contribution in [0.5, 0.6) is 0 Å². The van der Waals surface area contributed by atoms with Crippen molar-refractivity contribution in [3.05, 3.63) is 94.0 Å². The largest absolute Gasteiger partial charge is 0.354 e. The van der Waals surface area contributed by atoms with Crippen molar-refractivity contribution in [2.24, 2.45) is 0 Å². The number of rotatable bonds is 4. The fourth-order valence-electron chi connectivity index (χ4n) is 3.43. The van der Waals surface area contributed by atoms with Gasteiger partial charge in [-0.25, -0.2) is 0 Å². The summed E-state index contributed by atoms with van der Waals surface area (Å²) >= 11 is 7.64. The highest BCUT2D eigenvalue weighted by Crippen LogP contribution is 2.42. The molecule has 3 aromatic carbocycles. The van der Waals surface area contributed by atoms with Gasteiger partial charge in [-0.15, -0.1) is 0 Å². The summed E-state index contributed by atoms with van der Waals surface area (Å²) in [4.78, 5) is 15.0. The van der Waals surface area contributed by atoms with Gasteiger partial charge >= 0.3 is 0 Å². The van der Waals surface area contributed by atoms with E-state index in [1.807, 2.05) is 49.4 Å². The van der Waals surface area contributed by atoms with Crippen LogP contribution in [0, 0.1) is 6.92 Å². The second kappa shape index (κ2) is 8.99. The molecule has 0 saturated carbocycles. The molecule has 1 aliphatic rings. The van der Waals surface area contributed by atoms with E-state index in [-0.39, 0.29) is 5.91 Å². The highest BCUT2D eigenvalue weighted by atomic mass is 35.5. The van der Waals surface area contributed by atoms with E-state index in [2.05, 4.69) is 41.8 Å². The van der Waals surface area contributed by atoms with E-state index in [1.165, 1.54) is 16.0 Å². The molecule has 1 aliphatic heterocycles. The molecule has 0 spiro atoms. The van der Waals surface area contributed by atoms with E-state index in [0.717, 1.165) is 33.3 Å². The van der Waals surface area contributed by atoms with Gasteiger partial charge in [0.05, 0.1) is 5.69 Å². The molecule has 0 fully saturated rings. The first-order chi connectivity index (χ1) is 14.5. The Morgan fingerprint density at radius 2 is 1.83 bits per heavy atom. The Bertz CT molecular complexity index is 1120. The van der Waals surface area contributed by atoms with Crippen molar-refractivity contribution in [2.75, 3.05) is 11.9 Å². The molecule has 0 aromatic heterocycles. The van der Waals surface area contributed by atoms with Crippen LogP contribution in [-0.4, -0.2) is 12.5 Å². The van der Waals surface area contributed by atoms with E-state index < -0.39 is 0 Å². The van der Waals surface area contributed by atoms with Crippen molar-refractivity contribution in [1.29, 1.82) is 0 Å². The molecule has 4 rings (SSSR count). The summed E-state index contributed by atoms with van der Waals surface area (Å²) in [5.74, 6) is -0.0711. The number of amides is 1. The van der Waals surface area contributed by atoms with Crippen LogP contribution in [0.2, 0.25) is 5.02 Å². The van der Waals surface area contributed by atoms with Crippen molar-refractivity contribution in [1.82, 2.24) is 5.32 Å². The summed E-state index contributed by atoms with van der Waals surface area (Å²) < 4.78 is 0. The summed E-state index contributed by atoms with van der Waals surface area (Å²) in [5.41, 5.74) is 6.21. The maximum Gasteiger partial charge on any atom is 0.251 e. The van der Waals surface area contributed by atoms with Crippen molar-refractivity contribution < 1.29 is 4.79 Å². The Labute approximate surface area is 186 Å². The summed E-state index contributed by atoms with van der Waals surface area (Å²) in [5, 5.41) is 7.25. The first kappa shape index (κ1) is 20.6. The minimum atomic E-state index is -0.0711. The highest BCUT2D eigenvalue weighted by Gasteiger charge is 2.18. The summed E-state index contributed by atoms with van der Waals surface area (Å²) in [7, 11) is 0. The van der Waals surface area contributed by atoms with Gasteiger partial charge in [0.25, 0.3) is 5.91 Å². The number of hydrogen-bond acceptors (Lipinski definition) is 3. The van der Waals surface area contributed by atoms with Crippen LogP contribution in [0.25, 0.3) is 5.70 Å². The lowest BCUT2D eigenvalue weighted by Gasteiger charge is -2.12. The smallest absolute Gasteiger partial charge is 0.251 e. The monoisotopic (exact) mass is 434 g/mol. The predicted octanol–water partition coefficient (Wildman–Crippen LogP) is 6.56. The number of carbonyl (C=O) groups excluding carboxylic acids is 1. The maximum atomic E-state index is 12.7. The van der Waals surface area contributed by atoms with E-state index in [4.69, 9.17) is 11.6 Å². The normalized spacial score (nSPS) is 13.8. The average molecular weight is 435 g/mol. The molecule has 5 heteroatoms. The standard InChI is InChI=1S/C25H23ClN2OS/c1-3-21-20-14-16(2)4-10-23(20)30-24-11-7-18(15-22(24)28-21)25(29)27-13-12-17-5-8-19(26)9-6-17/h3-11,14-15,28H,12-13H2,1-2H3,(H,27,29). The summed E-state index contributed by atoms with van der Waals surface area (Å²) in [6, 6.07) is 20.0. The first-order valence-electron chi connectivity index (χ1n) is 9.92. The Hall–Kier alpha value is -2.69. The maximum absolute atomic E-state index is 12.7. The molecular formula is C25H23ClN2OS. The number of halogens is 1. The fourth-order valence-corrected chi connectivity index (χ4v) is 4.57. The zero-order valence-corrected chi connectivity index (χ0v) is 18.5. The van der Waals surface area contributed by atoms with Crippen LogP contribution in [0.1, 0.15) is 34.0 Å². The Balaban J connectivity index is 1.49. The number of benzene rings is 3. The lowest BCUT2D eigenvalue weighted by molar-refractivity contribution is 0.0954. The lowest BCUT2D eigenvalue weighted by Crippen LogP contribution is -2.25. The molecule has 1 heterocycles. The van der Waals surface area contributed by atoms with Crippen LogP contribution in [0.3, 0.4) is 0 Å². The quantitative estimate of drug-likeness (QED) is 0.488. The Kier molecular flexibility index (Phi) is 6.16. The van der Waals surface area contributed by atoms with Gasteiger partial charge in [-0.05, 0) is 68.3 Å². The molecule has 0 atom stereocenters. The van der Waals surface area contributed by atoms with E-state index in [9.17, 15) is 4.79 Å². The number of fused-ring (bicyclic) bond motifs is 2. The molecular weight excluding hydrogens is 412 g/mol. The molecule has 1 amide bonds. The lowest BCUT2D eigenvalue weighted by atomic mass is 10.1. The summed E-state index contributed by atoms with van der Waals surface area (Å²) in [6.45, 7) is 4.70. The molecule has 2 N–H and O–H groups in total. The number of anilines is 1. The van der Waals surface area contributed by atoms with E-state index >= 15 is 0 Å². The topological polar surface area (TPSA) is 41.1 Å². The van der Waals surface area contributed by atoms with Gasteiger partial charge in [-0.2, -0.15) is 0 Å². The van der Waals surface area contributed by atoms with Gasteiger partial charge in [0.1, 0.15) is 0 Å². The molecule has 0 radical (unpaired) electrons. The van der Waals surface area contributed by atoms with Gasteiger partial charge in [0, 0.05) is 38.2 Å². The molecule has 3 aromatic rings. The third kappa shape index (κ3) is 4.55. The number of nitrogens with one attached hydrogen (secondary N) is 2.